The summed E-state index contributed by atoms with van der Waals surface area (Å²) in [5.74, 6) is 0. The lowest BCUT2D eigenvalue weighted by molar-refractivity contribution is 1.07. The van der Waals surface area contributed by atoms with E-state index in [1.54, 1.807) is 17.5 Å². The first-order chi connectivity index (χ1) is 9.83. The Labute approximate surface area is 121 Å². The Morgan fingerprint density at radius 3 is 2.85 bits per heavy atom. The first-order valence-electron chi connectivity index (χ1n) is 6.32. The summed E-state index contributed by atoms with van der Waals surface area (Å²) in [6.45, 7) is 2.82. The molecule has 0 aliphatic carbocycles. The molecule has 0 saturated carbocycles. The molecule has 3 heterocycles. The Morgan fingerprint density at radius 2 is 2.05 bits per heavy atom. The quantitative estimate of drug-likeness (QED) is 0.795. The topological polar surface area (TPSA) is 50.7 Å². The molecule has 4 nitrogen and oxygen atoms in total. The molecule has 0 aliphatic rings. The van der Waals surface area contributed by atoms with E-state index in [1.165, 1.54) is 11.1 Å². The summed E-state index contributed by atoms with van der Waals surface area (Å²) in [4.78, 5) is 12.8. The van der Waals surface area contributed by atoms with E-state index in [9.17, 15) is 0 Å². The minimum Gasteiger partial charge on any atom is -0.357 e. The Hall–Kier alpha value is -2.27. The van der Waals surface area contributed by atoms with E-state index in [0.29, 0.717) is 0 Å². The van der Waals surface area contributed by atoms with Gasteiger partial charge < -0.3 is 5.32 Å². The van der Waals surface area contributed by atoms with Gasteiger partial charge in [-0.1, -0.05) is 0 Å². The van der Waals surface area contributed by atoms with E-state index in [4.69, 9.17) is 0 Å². The van der Waals surface area contributed by atoms with Gasteiger partial charge >= 0.3 is 0 Å². The highest BCUT2D eigenvalue weighted by Gasteiger charge is 2.05. The monoisotopic (exact) mass is 282 g/mol. The summed E-state index contributed by atoms with van der Waals surface area (Å²) < 4.78 is 0. The third-order valence-corrected chi connectivity index (χ3v) is 3.84. The smallest absolute Gasteiger partial charge is 0.183 e. The number of pyridine rings is 2. The van der Waals surface area contributed by atoms with E-state index in [-0.39, 0.29) is 0 Å². The molecular formula is C15H14N4S. The molecule has 0 unspecified atom stereocenters. The van der Waals surface area contributed by atoms with Crippen molar-refractivity contribution in [2.75, 3.05) is 5.32 Å². The van der Waals surface area contributed by atoms with Crippen LogP contribution in [0.2, 0.25) is 0 Å². The summed E-state index contributed by atoms with van der Waals surface area (Å²) in [6.07, 6.45) is 7.28. The van der Waals surface area contributed by atoms with Crippen LogP contribution in [0.4, 0.5) is 5.13 Å². The SMILES string of the molecule is Cc1ccncc1CNc1nc(-c2cccnc2)cs1. The zero-order valence-corrected chi connectivity index (χ0v) is 11.9. The molecule has 0 bridgehead atoms. The van der Waals surface area contributed by atoms with Crippen molar-refractivity contribution in [1.29, 1.82) is 0 Å². The minimum atomic E-state index is 0.736. The minimum absolute atomic E-state index is 0.736. The molecule has 0 aliphatic heterocycles. The summed E-state index contributed by atoms with van der Waals surface area (Å²) >= 11 is 1.60. The predicted molar refractivity (Wildman–Crippen MR) is 81.6 cm³/mol. The van der Waals surface area contributed by atoms with Crippen LogP contribution >= 0.6 is 11.3 Å². The van der Waals surface area contributed by atoms with E-state index in [2.05, 4.69) is 27.2 Å². The fourth-order valence-corrected chi connectivity index (χ4v) is 2.57. The van der Waals surface area contributed by atoms with Gasteiger partial charge in [0.2, 0.25) is 0 Å². The van der Waals surface area contributed by atoms with Crippen LogP contribution in [0.3, 0.4) is 0 Å². The number of anilines is 1. The van der Waals surface area contributed by atoms with Crippen LogP contribution in [0, 0.1) is 6.92 Å². The molecule has 0 fully saturated rings. The summed E-state index contributed by atoms with van der Waals surface area (Å²) in [5, 5.41) is 6.29. The highest BCUT2D eigenvalue weighted by atomic mass is 32.1. The van der Waals surface area contributed by atoms with Gasteiger partial charge in [-0.25, -0.2) is 4.98 Å². The molecule has 3 aromatic heterocycles. The highest BCUT2D eigenvalue weighted by Crippen LogP contribution is 2.24. The molecule has 1 N–H and O–H groups in total. The number of hydrogen-bond acceptors (Lipinski definition) is 5. The third kappa shape index (κ3) is 2.83. The second-order valence-electron chi connectivity index (χ2n) is 4.44. The lowest BCUT2D eigenvalue weighted by atomic mass is 10.2. The number of hydrogen-bond donors (Lipinski definition) is 1. The molecule has 20 heavy (non-hydrogen) atoms. The van der Waals surface area contributed by atoms with Crippen LogP contribution in [0.1, 0.15) is 11.1 Å². The Bertz CT molecular complexity index is 694. The van der Waals surface area contributed by atoms with Gasteiger partial charge in [-0.05, 0) is 36.2 Å². The second kappa shape index (κ2) is 5.79. The van der Waals surface area contributed by atoms with Crippen molar-refractivity contribution in [3.63, 3.8) is 0 Å². The van der Waals surface area contributed by atoms with Gasteiger partial charge in [-0.2, -0.15) is 0 Å². The number of thiazole rings is 1. The predicted octanol–water partition coefficient (Wildman–Crippen LogP) is 3.52. The molecule has 3 rings (SSSR count). The Morgan fingerprint density at radius 1 is 1.15 bits per heavy atom. The second-order valence-corrected chi connectivity index (χ2v) is 5.29. The van der Waals surface area contributed by atoms with Crippen molar-refractivity contribution in [3.8, 4) is 11.3 Å². The average molecular weight is 282 g/mol. The molecule has 0 saturated heterocycles. The number of nitrogens with zero attached hydrogens (tertiary/aromatic N) is 3. The van der Waals surface area contributed by atoms with Gasteiger partial charge in [-0.3, -0.25) is 9.97 Å². The number of nitrogens with one attached hydrogen (secondary N) is 1. The largest absolute Gasteiger partial charge is 0.357 e. The Balaban J connectivity index is 1.71. The van der Waals surface area contributed by atoms with Crippen LogP contribution in [0.5, 0.6) is 0 Å². The van der Waals surface area contributed by atoms with Crippen molar-refractivity contribution in [3.05, 3.63) is 59.5 Å². The van der Waals surface area contributed by atoms with E-state index in [0.717, 1.165) is 22.9 Å². The molecule has 5 heteroatoms. The summed E-state index contributed by atoms with van der Waals surface area (Å²) in [6, 6.07) is 5.94. The number of aryl methyl sites for hydroxylation is 1. The van der Waals surface area contributed by atoms with E-state index in [1.807, 2.05) is 42.2 Å². The molecule has 0 amide bonds. The van der Waals surface area contributed by atoms with Crippen molar-refractivity contribution in [2.45, 2.75) is 13.5 Å². The van der Waals surface area contributed by atoms with Gasteiger partial charge in [0, 0.05) is 42.3 Å². The van der Waals surface area contributed by atoms with Crippen LogP contribution in [0.15, 0.2) is 48.4 Å². The van der Waals surface area contributed by atoms with Crippen LogP contribution < -0.4 is 5.32 Å². The van der Waals surface area contributed by atoms with Crippen molar-refractivity contribution in [2.24, 2.45) is 0 Å². The summed E-state index contributed by atoms with van der Waals surface area (Å²) in [7, 11) is 0. The Kier molecular flexibility index (Phi) is 3.69. The van der Waals surface area contributed by atoms with Crippen LogP contribution in [-0.4, -0.2) is 15.0 Å². The first-order valence-corrected chi connectivity index (χ1v) is 7.20. The fraction of sp³-hybridized carbons (Fsp3) is 0.133. The van der Waals surface area contributed by atoms with Crippen molar-refractivity contribution >= 4 is 16.5 Å². The maximum absolute atomic E-state index is 4.57. The highest BCUT2D eigenvalue weighted by molar-refractivity contribution is 7.14. The number of rotatable bonds is 4. The van der Waals surface area contributed by atoms with Gasteiger partial charge in [0.1, 0.15) is 0 Å². The standard InChI is InChI=1S/C15H14N4S/c1-11-4-6-17-8-13(11)9-18-15-19-14(10-20-15)12-3-2-5-16-7-12/h2-8,10H,9H2,1H3,(H,18,19). The maximum atomic E-state index is 4.57. The number of aromatic nitrogens is 3. The zero-order chi connectivity index (χ0) is 13.8. The molecular weight excluding hydrogens is 268 g/mol. The normalized spacial score (nSPS) is 10.4. The van der Waals surface area contributed by atoms with E-state index >= 15 is 0 Å². The van der Waals surface area contributed by atoms with Gasteiger partial charge in [-0.15, -0.1) is 11.3 Å². The van der Waals surface area contributed by atoms with Gasteiger partial charge in [0.15, 0.2) is 5.13 Å². The van der Waals surface area contributed by atoms with Crippen molar-refractivity contribution in [1.82, 2.24) is 15.0 Å². The molecule has 0 spiro atoms. The van der Waals surface area contributed by atoms with Gasteiger partial charge in [0.05, 0.1) is 5.69 Å². The molecule has 3 aromatic rings. The van der Waals surface area contributed by atoms with E-state index < -0.39 is 0 Å². The fourth-order valence-electron chi connectivity index (χ4n) is 1.85. The maximum Gasteiger partial charge on any atom is 0.183 e. The van der Waals surface area contributed by atoms with Crippen LogP contribution in [-0.2, 0) is 6.54 Å². The average Bonchev–Trinajstić information content (AvgIpc) is 2.96. The summed E-state index contributed by atoms with van der Waals surface area (Å²) in [5.41, 5.74) is 4.41. The van der Waals surface area contributed by atoms with Crippen molar-refractivity contribution < 1.29 is 0 Å². The zero-order valence-electron chi connectivity index (χ0n) is 11.1. The first kappa shape index (κ1) is 12.7. The molecule has 0 atom stereocenters. The molecule has 0 aromatic carbocycles. The molecule has 100 valence electrons. The van der Waals surface area contributed by atoms with Crippen LogP contribution in [0.25, 0.3) is 11.3 Å². The third-order valence-electron chi connectivity index (χ3n) is 3.04. The lowest BCUT2D eigenvalue weighted by Crippen LogP contribution is -2.01. The molecule has 0 radical (unpaired) electrons. The van der Waals surface area contributed by atoms with Gasteiger partial charge in [0.25, 0.3) is 0 Å². The lowest BCUT2D eigenvalue weighted by Gasteiger charge is -2.05.